The van der Waals surface area contributed by atoms with Crippen LogP contribution in [0.25, 0.3) is 0 Å². The minimum absolute atomic E-state index is 0.0432. The monoisotopic (exact) mass is 1250 g/mol. The van der Waals surface area contributed by atoms with Crippen LogP contribution in [0.2, 0.25) is 10.1 Å². The van der Waals surface area contributed by atoms with E-state index in [9.17, 15) is 14.7 Å². The third-order valence-electron chi connectivity index (χ3n) is 19.3. The van der Waals surface area contributed by atoms with Gasteiger partial charge in [-0.15, -0.1) is 0 Å². The number of ether oxygens (including phenoxy) is 7. The summed E-state index contributed by atoms with van der Waals surface area (Å²) in [5, 5.41) is 15.3. The Bertz CT molecular complexity index is 3020. The molecule has 1 N–H and O–H groups in total. The summed E-state index contributed by atoms with van der Waals surface area (Å²) in [6, 6.07) is 51.2. The van der Waals surface area contributed by atoms with Crippen LogP contribution >= 0.6 is 0 Å². The maximum atomic E-state index is 13.5. The number of aliphatic carboxylic acids is 1. The van der Waals surface area contributed by atoms with Gasteiger partial charge in [0.15, 0.2) is 0 Å². The van der Waals surface area contributed by atoms with Crippen LogP contribution in [-0.4, -0.2) is 115 Å². The Kier molecular flexibility index (Phi) is 22.1. The minimum Gasteiger partial charge on any atom is -0.497 e. The van der Waals surface area contributed by atoms with Crippen molar-refractivity contribution in [2.75, 3.05) is 20.3 Å². The third-order valence-corrected chi connectivity index (χ3v) is 29.4. The van der Waals surface area contributed by atoms with Crippen LogP contribution in [0.15, 0.2) is 170 Å². The molecule has 14 heteroatoms. The molecule has 9 rings (SSSR count). The first-order valence-corrected chi connectivity index (χ1v) is 36.3. The Morgan fingerprint density at radius 3 is 1.72 bits per heavy atom. The first kappa shape index (κ1) is 67.9. The maximum absolute atomic E-state index is 13.5. The number of carbonyl (C=O) groups excluding carboxylic acids is 1. The van der Waals surface area contributed by atoms with E-state index in [1.807, 2.05) is 45.0 Å². The van der Waals surface area contributed by atoms with Crippen molar-refractivity contribution < 1.29 is 56.7 Å². The Hall–Kier alpha value is -5.53. The van der Waals surface area contributed by atoms with E-state index in [2.05, 4.69) is 190 Å². The van der Waals surface area contributed by atoms with Gasteiger partial charge in [0, 0.05) is 25.4 Å². The Balaban J connectivity index is 1.03. The lowest BCUT2D eigenvalue weighted by molar-refractivity contribution is -0.276. The van der Waals surface area contributed by atoms with Gasteiger partial charge in [-0.05, 0) is 125 Å². The molecule has 4 saturated heterocycles. The SMILES string of the molecule is C=C1C[C@H](CCCOC(=O)C(C)(C)C)O[C@H]1CC(C(=O)O)[C@H]1C[C@@H](C)C(=C)[C@@H](C[C@@H]2O[C@H]3C[C@@H](O[Si](c4ccccc4)(c4ccccc4)C(C)(C)C)[C@@H](CCO[Si](c4ccccc4)(c4ccccc4)C(C)(C)C)O[C@H]3[C@H](C)[C@H]2OCc2ccc(OC)cc2)O1. The molecule has 0 bridgehead atoms. The zero-order chi connectivity index (χ0) is 63.9. The third kappa shape index (κ3) is 15.4. The smallest absolute Gasteiger partial charge is 0.311 e. The lowest BCUT2D eigenvalue weighted by Gasteiger charge is -2.54. The van der Waals surface area contributed by atoms with Crippen molar-refractivity contribution in [3.05, 3.63) is 175 Å². The molecule has 12 nitrogen and oxygen atoms in total. The standard InChI is InChI=1S/C75H100O12Si2/c1-50-45-65(61(71(76)77)46-63-51(2)44-56(83-63)28-27-42-80-72(78)73(5,6)7)84-64(52(50)3)47-67-69(81-49-54-37-39-55(79-14)40-38-54)53(4)70-68(85-67)48-66(87-89(75(11,12)13,59-33-23-17-24-34-59)60-35-25-18-26-36-60)62(86-70)41-43-82-88(74(8,9)10,57-29-19-15-20-30-57)58-31-21-16-22-32-58/h15-26,29-40,50,53,56,61-70H,2-3,27-28,41-49H2,1,4-14H3,(H,76,77)/t50-,53-,56+,61?,62-,63+,64-,65-,66-,67+,68+,69-,70+/m1/s1. The molecule has 4 heterocycles. The summed E-state index contributed by atoms with van der Waals surface area (Å²) < 4.78 is 63.0. The second kappa shape index (κ2) is 29.0. The van der Waals surface area contributed by atoms with Gasteiger partial charge in [0.25, 0.3) is 16.6 Å². The van der Waals surface area contributed by atoms with Crippen molar-refractivity contribution in [2.45, 2.75) is 205 Å². The van der Waals surface area contributed by atoms with Gasteiger partial charge in [-0.3, -0.25) is 9.59 Å². The molecule has 89 heavy (non-hydrogen) atoms. The molecule has 5 aromatic rings. The van der Waals surface area contributed by atoms with Gasteiger partial charge in [-0.2, -0.15) is 0 Å². The second-order valence-electron chi connectivity index (χ2n) is 28.6. The van der Waals surface area contributed by atoms with Gasteiger partial charge in [-0.1, -0.05) is 202 Å². The molecule has 0 radical (unpaired) electrons. The normalized spacial score (nSPS) is 26.5. The van der Waals surface area contributed by atoms with Crippen molar-refractivity contribution in [1.29, 1.82) is 0 Å². The number of benzene rings is 5. The second-order valence-corrected chi connectivity index (χ2v) is 37.2. The lowest BCUT2D eigenvalue weighted by atomic mass is 9.78. The van der Waals surface area contributed by atoms with E-state index in [-0.39, 0.29) is 46.5 Å². The molecule has 0 aromatic heterocycles. The highest BCUT2D eigenvalue weighted by molar-refractivity contribution is 7.00. The molecule has 5 aromatic carbocycles. The fourth-order valence-corrected chi connectivity index (χ4v) is 23.7. The predicted octanol–water partition coefficient (Wildman–Crippen LogP) is 13.0. The molecule has 0 saturated carbocycles. The van der Waals surface area contributed by atoms with Crippen LogP contribution < -0.4 is 25.5 Å². The first-order valence-electron chi connectivity index (χ1n) is 32.5. The van der Waals surface area contributed by atoms with E-state index in [1.54, 1.807) is 7.11 Å². The van der Waals surface area contributed by atoms with Crippen molar-refractivity contribution in [3.8, 4) is 5.75 Å². The molecule has 1 unspecified atom stereocenters. The first-order chi connectivity index (χ1) is 42.3. The van der Waals surface area contributed by atoms with Crippen LogP contribution in [-0.2, 0) is 53.5 Å². The number of rotatable bonds is 24. The fraction of sp³-hybridized carbons (Fsp3) is 0.520. The quantitative estimate of drug-likeness (QED) is 0.0272. The van der Waals surface area contributed by atoms with Crippen LogP contribution in [0.5, 0.6) is 5.75 Å². The molecule has 0 spiro atoms. The van der Waals surface area contributed by atoms with E-state index in [4.69, 9.17) is 42.0 Å². The molecule has 480 valence electrons. The van der Waals surface area contributed by atoms with Gasteiger partial charge in [-0.25, -0.2) is 0 Å². The van der Waals surface area contributed by atoms with Crippen LogP contribution in [0, 0.1) is 23.2 Å². The molecule has 4 fully saturated rings. The molecule has 0 aliphatic carbocycles. The maximum Gasteiger partial charge on any atom is 0.311 e. The van der Waals surface area contributed by atoms with E-state index < -0.39 is 82.8 Å². The number of carboxylic acid groups (broad SMARTS) is 1. The Labute approximate surface area is 533 Å². The molecule has 0 amide bonds. The summed E-state index contributed by atoms with van der Waals surface area (Å²) in [6.45, 7) is 33.8. The van der Waals surface area contributed by atoms with E-state index in [0.29, 0.717) is 64.8 Å². The number of esters is 1. The highest BCUT2D eigenvalue weighted by Gasteiger charge is 2.57. The summed E-state index contributed by atoms with van der Waals surface area (Å²) >= 11 is 0. The van der Waals surface area contributed by atoms with Crippen molar-refractivity contribution in [3.63, 3.8) is 0 Å². The summed E-state index contributed by atoms with van der Waals surface area (Å²) in [5.74, 6) is -1.51. The molecule has 4 aliphatic heterocycles. The minimum atomic E-state index is -3.18. The van der Waals surface area contributed by atoms with E-state index in [1.165, 1.54) is 20.7 Å². The number of carbonyl (C=O) groups is 2. The topological polar surface area (TPSA) is 137 Å². The molecule has 4 aliphatic rings. The van der Waals surface area contributed by atoms with Gasteiger partial charge < -0.3 is 47.1 Å². The van der Waals surface area contributed by atoms with Crippen LogP contribution in [0.3, 0.4) is 0 Å². The Morgan fingerprint density at radius 2 is 1.20 bits per heavy atom. The highest BCUT2D eigenvalue weighted by atomic mass is 28.4. The van der Waals surface area contributed by atoms with Crippen LogP contribution in [0.4, 0.5) is 0 Å². The largest absolute Gasteiger partial charge is 0.497 e. The van der Waals surface area contributed by atoms with Gasteiger partial charge in [0.2, 0.25) is 0 Å². The zero-order valence-corrected chi connectivity index (χ0v) is 57.0. The average molecular weight is 1250 g/mol. The summed E-state index contributed by atoms with van der Waals surface area (Å²) in [7, 11) is -4.47. The average Bonchev–Trinajstić information content (AvgIpc) is 1.05. The fourth-order valence-electron chi connectivity index (χ4n) is 14.4. The van der Waals surface area contributed by atoms with Crippen molar-refractivity contribution >= 4 is 49.3 Å². The molecular weight excluding hydrogens is 1150 g/mol. The number of carboxylic acids is 1. The summed E-state index contributed by atoms with van der Waals surface area (Å²) in [6.07, 6.45) is -0.208. The molecule has 13 atom stereocenters. The summed E-state index contributed by atoms with van der Waals surface area (Å²) in [5.41, 5.74) is 2.18. The number of hydrogen-bond donors (Lipinski definition) is 1. The van der Waals surface area contributed by atoms with Crippen molar-refractivity contribution in [1.82, 2.24) is 0 Å². The van der Waals surface area contributed by atoms with Crippen LogP contribution in [0.1, 0.15) is 133 Å². The number of methoxy groups -OCH3 is 1. The van der Waals surface area contributed by atoms with Gasteiger partial charge >= 0.3 is 11.9 Å². The zero-order valence-electron chi connectivity index (χ0n) is 55.0. The van der Waals surface area contributed by atoms with Crippen molar-refractivity contribution in [2.24, 2.45) is 23.2 Å². The van der Waals surface area contributed by atoms with E-state index in [0.717, 1.165) is 22.5 Å². The number of fused-ring (bicyclic) bond motifs is 1. The highest BCUT2D eigenvalue weighted by Crippen LogP contribution is 2.47. The van der Waals surface area contributed by atoms with Gasteiger partial charge in [0.05, 0.1) is 92.7 Å². The predicted molar refractivity (Wildman–Crippen MR) is 357 cm³/mol. The summed E-state index contributed by atoms with van der Waals surface area (Å²) in [4.78, 5) is 25.9. The Morgan fingerprint density at radius 1 is 0.652 bits per heavy atom. The molecular formula is C75H100O12Si2. The number of hydrogen-bond acceptors (Lipinski definition) is 11. The van der Waals surface area contributed by atoms with E-state index >= 15 is 0 Å². The van der Waals surface area contributed by atoms with Gasteiger partial charge in [0.1, 0.15) is 5.75 Å². The lowest BCUT2D eigenvalue weighted by Crippen LogP contribution is -2.70.